The van der Waals surface area contributed by atoms with Crippen molar-refractivity contribution in [1.29, 1.82) is 0 Å². The van der Waals surface area contributed by atoms with Crippen LogP contribution in [0.5, 0.6) is 0 Å². The number of sulfonamides is 1. The molecular weight excluding hydrogens is 460 g/mol. The Bertz CT molecular complexity index is 1190. The van der Waals surface area contributed by atoms with Gasteiger partial charge in [-0.2, -0.15) is 4.31 Å². The summed E-state index contributed by atoms with van der Waals surface area (Å²) in [4.78, 5) is 26.3. The van der Waals surface area contributed by atoms with E-state index in [1.54, 1.807) is 31.2 Å². The van der Waals surface area contributed by atoms with E-state index in [0.717, 1.165) is 32.4 Å². The van der Waals surface area contributed by atoms with Crippen LogP contribution in [-0.2, 0) is 14.8 Å². The van der Waals surface area contributed by atoms with E-state index >= 15 is 0 Å². The number of morpholine rings is 1. The number of nitro benzene ring substituents is 1. The van der Waals surface area contributed by atoms with Crippen LogP contribution in [0.25, 0.3) is 0 Å². The van der Waals surface area contributed by atoms with Gasteiger partial charge in [0.1, 0.15) is 0 Å². The molecule has 2 aliphatic heterocycles. The third-order valence-electron chi connectivity index (χ3n) is 6.18. The Morgan fingerprint density at radius 3 is 2.41 bits per heavy atom. The first kappa shape index (κ1) is 24.1. The summed E-state index contributed by atoms with van der Waals surface area (Å²) in [5, 5.41) is 14.0. The normalized spacial score (nSPS) is 17.4. The van der Waals surface area contributed by atoms with Crippen molar-refractivity contribution in [2.45, 2.75) is 31.1 Å². The highest BCUT2D eigenvalue weighted by Crippen LogP contribution is 2.30. The van der Waals surface area contributed by atoms with Crippen LogP contribution in [0.1, 0.15) is 35.2 Å². The van der Waals surface area contributed by atoms with Crippen LogP contribution in [0.15, 0.2) is 41.3 Å². The smallest absolute Gasteiger partial charge is 0.274 e. The molecule has 0 aliphatic carbocycles. The van der Waals surface area contributed by atoms with Crippen molar-refractivity contribution >= 4 is 33.0 Å². The SMILES string of the molecule is Cc1ccc(NC(=O)c2cc(S(=O)(=O)N3CCOCC3)ccc2N2CCCCC2)cc1[N+](=O)[O-]. The third kappa shape index (κ3) is 5.06. The molecule has 0 atom stereocenters. The van der Waals surface area contributed by atoms with E-state index in [9.17, 15) is 23.3 Å². The Hall–Kier alpha value is -3.02. The molecule has 4 rings (SSSR count). The first-order valence-electron chi connectivity index (χ1n) is 11.3. The molecule has 2 aromatic rings. The number of piperidine rings is 1. The lowest BCUT2D eigenvalue weighted by atomic mass is 10.1. The average Bonchev–Trinajstić information content (AvgIpc) is 2.85. The quantitative estimate of drug-likeness (QED) is 0.489. The van der Waals surface area contributed by atoms with Gasteiger partial charge >= 0.3 is 0 Å². The summed E-state index contributed by atoms with van der Waals surface area (Å²) in [6.07, 6.45) is 3.08. The minimum atomic E-state index is -3.80. The molecular formula is C23H28N4O6S. The molecule has 2 fully saturated rings. The molecule has 11 heteroatoms. The van der Waals surface area contributed by atoms with E-state index in [2.05, 4.69) is 10.2 Å². The number of nitrogens with one attached hydrogen (secondary N) is 1. The van der Waals surface area contributed by atoms with Gasteiger partial charge in [0.15, 0.2) is 0 Å². The van der Waals surface area contributed by atoms with E-state index in [1.807, 2.05) is 0 Å². The zero-order valence-corrected chi connectivity index (χ0v) is 19.8. The number of rotatable bonds is 6. The molecule has 0 unspecified atom stereocenters. The van der Waals surface area contributed by atoms with E-state index in [1.165, 1.54) is 16.4 Å². The number of nitro groups is 1. The van der Waals surface area contributed by atoms with Crippen LogP contribution < -0.4 is 10.2 Å². The lowest BCUT2D eigenvalue weighted by Gasteiger charge is -2.31. The molecule has 34 heavy (non-hydrogen) atoms. The van der Waals surface area contributed by atoms with Gasteiger partial charge in [-0.25, -0.2) is 8.42 Å². The Kier molecular flexibility index (Phi) is 7.15. The van der Waals surface area contributed by atoms with Crippen LogP contribution in [-0.4, -0.2) is 62.9 Å². The van der Waals surface area contributed by atoms with Gasteiger partial charge in [-0.15, -0.1) is 0 Å². The monoisotopic (exact) mass is 488 g/mol. The predicted molar refractivity (Wildman–Crippen MR) is 128 cm³/mol. The fraction of sp³-hybridized carbons (Fsp3) is 0.435. The third-order valence-corrected chi connectivity index (χ3v) is 8.08. The second kappa shape index (κ2) is 10.1. The standard InChI is InChI=1S/C23H28N4O6S/c1-17-5-6-18(15-22(17)27(29)30)24-23(28)20-16-19(34(31,32)26-11-13-33-14-12-26)7-8-21(20)25-9-3-2-4-10-25/h5-8,15-16H,2-4,9-14H2,1H3,(H,24,28). The van der Waals surface area contributed by atoms with Gasteiger partial charge in [0.25, 0.3) is 11.6 Å². The number of carbonyl (C=O) groups is 1. The summed E-state index contributed by atoms with van der Waals surface area (Å²) in [6, 6.07) is 9.11. The zero-order chi connectivity index (χ0) is 24.3. The van der Waals surface area contributed by atoms with Crippen molar-refractivity contribution in [3.05, 3.63) is 57.6 Å². The molecule has 1 N–H and O–H groups in total. The highest BCUT2D eigenvalue weighted by Gasteiger charge is 2.29. The molecule has 182 valence electrons. The largest absolute Gasteiger partial charge is 0.379 e. The molecule has 2 aliphatic rings. The molecule has 2 heterocycles. The summed E-state index contributed by atoms with van der Waals surface area (Å²) < 4.78 is 33.1. The number of nitrogens with zero attached hydrogens (tertiary/aromatic N) is 3. The van der Waals surface area contributed by atoms with E-state index < -0.39 is 20.9 Å². The molecule has 0 spiro atoms. The number of benzene rings is 2. The fourth-order valence-electron chi connectivity index (χ4n) is 4.29. The number of carbonyl (C=O) groups excluding carboxylic acids is 1. The van der Waals surface area contributed by atoms with Crippen LogP contribution in [0.4, 0.5) is 17.1 Å². The number of hydrogen-bond acceptors (Lipinski definition) is 7. The molecule has 2 aromatic carbocycles. The minimum absolute atomic E-state index is 0.0372. The van der Waals surface area contributed by atoms with Crippen molar-refractivity contribution < 1.29 is 22.9 Å². The van der Waals surface area contributed by atoms with Crippen molar-refractivity contribution in [3.63, 3.8) is 0 Å². The summed E-state index contributed by atoms with van der Waals surface area (Å²) in [6.45, 7) is 4.32. The maximum atomic E-state index is 13.4. The van der Waals surface area contributed by atoms with Crippen molar-refractivity contribution in [2.75, 3.05) is 49.6 Å². The van der Waals surface area contributed by atoms with Gasteiger partial charge in [-0.1, -0.05) is 6.07 Å². The highest BCUT2D eigenvalue weighted by molar-refractivity contribution is 7.89. The predicted octanol–water partition coefficient (Wildman–Crippen LogP) is 3.17. The number of aryl methyl sites for hydroxylation is 1. The molecule has 0 saturated carbocycles. The topological polar surface area (TPSA) is 122 Å². The van der Waals surface area contributed by atoms with E-state index in [4.69, 9.17) is 4.74 Å². The maximum absolute atomic E-state index is 13.4. The van der Waals surface area contributed by atoms with Gasteiger partial charge in [-0.05, 0) is 50.5 Å². The Labute approximate surface area is 198 Å². The molecule has 10 nitrogen and oxygen atoms in total. The summed E-state index contributed by atoms with van der Waals surface area (Å²) >= 11 is 0. The second-order valence-corrected chi connectivity index (χ2v) is 10.4. The van der Waals surface area contributed by atoms with Gasteiger partial charge in [0.2, 0.25) is 10.0 Å². The number of amides is 1. The molecule has 0 radical (unpaired) electrons. The lowest BCUT2D eigenvalue weighted by Crippen LogP contribution is -2.40. The van der Waals surface area contributed by atoms with Crippen molar-refractivity contribution in [1.82, 2.24) is 4.31 Å². The van der Waals surface area contributed by atoms with Crippen LogP contribution in [0.2, 0.25) is 0 Å². The summed E-state index contributed by atoms with van der Waals surface area (Å²) in [7, 11) is -3.80. The Morgan fingerprint density at radius 2 is 1.74 bits per heavy atom. The number of hydrogen-bond donors (Lipinski definition) is 1. The Morgan fingerprint density at radius 1 is 1.03 bits per heavy atom. The first-order chi connectivity index (χ1) is 16.3. The minimum Gasteiger partial charge on any atom is -0.379 e. The summed E-state index contributed by atoms with van der Waals surface area (Å²) in [5.41, 5.74) is 1.53. The highest BCUT2D eigenvalue weighted by atomic mass is 32.2. The Balaban J connectivity index is 1.70. The molecule has 2 saturated heterocycles. The summed E-state index contributed by atoms with van der Waals surface area (Å²) in [5.74, 6) is -0.516. The maximum Gasteiger partial charge on any atom is 0.274 e. The van der Waals surface area contributed by atoms with Crippen molar-refractivity contribution in [2.24, 2.45) is 0 Å². The first-order valence-corrected chi connectivity index (χ1v) is 12.7. The van der Waals surface area contributed by atoms with Gasteiger partial charge in [0.05, 0.1) is 28.6 Å². The fourth-order valence-corrected chi connectivity index (χ4v) is 5.72. The van der Waals surface area contributed by atoms with Crippen LogP contribution >= 0.6 is 0 Å². The number of ether oxygens (including phenoxy) is 1. The van der Waals surface area contributed by atoms with E-state index in [-0.39, 0.29) is 34.9 Å². The lowest BCUT2D eigenvalue weighted by molar-refractivity contribution is -0.385. The second-order valence-electron chi connectivity index (χ2n) is 8.46. The molecule has 0 aromatic heterocycles. The van der Waals surface area contributed by atoms with Gasteiger partial charge in [0, 0.05) is 49.2 Å². The zero-order valence-electron chi connectivity index (χ0n) is 19.0. The van der Waals surface area contributed by atoms with Gasteiger partial charge in [-0.3, -0.25) is 14.9 Å². The average molecular weight is 489 g/mol. The van der Waals surface area contributed by atoms with Crippen LogP contribution in [0.3, 0.4) is 0 Å². The molecule has 1 amide bonds. The molecule has 0 bridgehead atoms. The van der Waals surface area contributed by atoms with E-state index in [0.29, 0.717) is 24.5 Å². The van der Waals surface area contributed by atoms with Gasteiger partial charge < -0.3 is 15.0 Å². The van der Waals surface area contributed by atoms with Crippen molar-refractivity contribution in [3.8, 4) is 0 Å². The number of anilines is 2. The van der Waals surface area contributed by atoms with Crippen LogP contribution in [0, 0.1) is 17.0 Å².